The molecule has 1 spiro atoms. The van der Waals surface area contributed by atoms with Crippen LogP contribution < -0.4 is 10.1 Å². The Bertz CT molecular complexity index is 1240. The van der Waals surface area contributed by atoms with E-state index < -0.39 is 23.2 Å². The molecule has 2 aliphatic carbocycles. The molecule has 2 amide bonds. The second kappa shape index (κ2) is 5.71. The summed E-state index contributed by atoms with van der Waals surface area (Å²) in [5, 5.41) is 26.2. The molecule has 7 nitrogen and oxygen atoms in total. The van der Waals surface area contributed by atoms with E-state index in [1.54, 1.807) is 18.2 Å². The third-order valence-electron chi connectivity index (χ3n) is 8.74. The van der Waals surface area contributed by atoms with Gasteiger partial charge in [-0.25, -0.2) is 0 Å². The van der Waals surface area contributed by atoms with E-state index in [1.807, 2.05) is 19.1 Å². The maximum absolute atomic E-state index is 13.5. The molecule has 1 saturated heterocycles. The number of rotatable bonds is 1. The first-order valence-electron chi connectivity index (χ1n) is 11.3. The average molecular weight is 432 g/mol. The Morgan fingerprint density at radius 2 is 2.00 bits per heavy atom. The second-order valence-corrected chi connectivity index (χ2v) is 9.93. The number of nitrogens with one attached hydrogen (secondary N) is 1. The summed E-state index contributed by atoms with van der Waals surface area (Å²) in [5.41, 5.74) is 1.77. The first-order chi connectivity index (χ1) is 15.4. The van der Waals surface area contributed by atoms with Crippen molar-refractivity contribution in [2.24, 2.45) is 0 Å². The summed E-state index contributed by atoms with van der Waals surface area (Å²) < 4.78 is 6.44. The van der Waals surface area contributed by atoms with Crippen LogP contribution in [0.4, 0.5) is 0 Å². The van der Waals surface area contributed by atoms with E-state index in [1.165, 1.54) is 4.90 Å². The zero-order valence-corrected chi connectivity index (χ0v) is 17.7. The molecule has 5 atom stereocenters. The van der Waals surface area contributed by atoms with E-state index in [-0.39, 0.29) is 23.6 Å². The first kappa shape index (κ1) is 18.7. The molecule has 2 bridgehead atoms. The Morgan fingerprint density at radius 3 is 2.81 bits per heavy atom. The molecule has 2 fully saturated rings. The van der Waals surface area contributed by atoms with Crippen LogP contribution in [0.2, 0.25) is 0 Å². The van der Waals surface area contributed by atoms with Crippen LogP contribution in [0.3, 0.4) is 0 Å². The second-order valence-electron chi connectivity index (χ2n) is 9.93. The van der Waals surface area contributed by atoms with Gasteiger partial charge in [0.2, 0.25) is 0 Å². The highest BCUT2D eigenvalue weighted by Gasteiger charge is 2.73. The van der Waals surface area contributed by atoms with Crippen molar-refractivity contribution in [2.75, 3.05) is 6.54 Å². The zero-order valence-electron chi connectivity index (χ0n) is 17.7. The minimum Gasteiger partial charge on any atom is -0.504 e. The van der Waals surface area contributed by atoms with Crippen molar-refractivity contribution in [3.8, 4) is 11.5 Å². The Hall–Kier alpha value is -2.90. The lowest BCUT2D eigenvalue weighted by molar-refractivity contribution is -0.164. The Kier molecular flexibility index (Phi) is 3.33. The normalized spacial score (nSPS) is 36.1. The van der Waals surface area contributed by atoms with Crippen LogP contribution in [0, 0.1) is 6.92 Å². The fraction of sp³-hybridized carbons (Fsp3) is 0.440. The van der Waals surface area contributed by atoms with Crippen molar-refractivity contribution in [1.82, 2.24) is 10.2 Å². The predicted molar refractivity (Wildman–Crippen MR) is 114 cm³/mol. The topological polar surface area (TPSA) is 99.1 Å². The van der Waals surface area contributed by atoms with E-state index >= 15 is 0 Å². The standard InChI is InChI=1S/C25H24N2O5/c1-12-3-2-4-14-18(12)23(30)27(22(14)29)15-7-8-25(31)17-11-13-5-6-16(28)20-19(13)24(25,9-10-26-17)21(15)32-20/h2-6,15,17,21,26,28,31H,7-11H2,1H3/t15-,17+,21-,24-,25+/m0/s1. The van der Waals surface area contributed by atoms with Gasteiger partial charge in [0.05, 0.1) is 28.2 Å². The molecule has 164 valence electrons. The number of hydrogen-bond acceptors (Lipinski definition) is 6. The van der Waals surface area contributed by atoms with Gasteiger partial charge >= 0.3 is 0 Å². The molecule has 3 aliphatic heterocycles. The highest BCUT2D eigenvalue weighted by atomic mass is 16.5. The van der Waals surface area contributed by atoms with Gasteiger partial charge in [-0.2, -0.15) is 0 Å². The molecule has 0 aromatic heterocycles. The number of carbonyl (C=O) groups excluding carboxylic acids is 2. The van der Waals surface area contributed by atoms with Crippen LogP contribution in [0.25, 0.3) is 0 Å². The van der Waals surface area contributed by atoms with Crippen LogP contribution in [-0.4, -0.2) is 57.3 Å². The molecule has 7 heteroatoms. The molecule has 2 aromatic carbocycles. The summed E-state index contributed by atoms with van der Waals surface area (Å²) in [6, 6.07) is 8.26. The molecular weight excluding hydrogens is 408 g/mol. The third kappa shape index (κ3) is 1.84. The lowest BCUT2D eigenvalue weighted by atomic mass is 9.48. The monoisotopic (exact) mass is 432 g/mol. The number of nitrogens with zero attached hydrogens (tertiary/aromatic N) is 1. The molecule has 3 heterocycles. The molecule has 0 radical (unpaired) electrons. The molecule has 7 rings (SSSR count). The highest BCUT2D eigenvalue weighted by Crippen LogP contribution is 2.64. The summed E-state index contributed by atoms with van der Waals surface area (Å²) >= 11 is 0. The van der Waals surface area contributed by atoms with Crippen molar-refractivity contribution in [1.29, 1.82) is 0 Å². The summed E-state index contributed by atoms with van der Waals surface area (Å²) in [6.45, 7) is 2.55. The molecule has 32 heavy (non-hydrogen) atoms. The predicted octanol–water partition coefficient (Wildman–Crippen LogP) is 1.81. The fourth-order valence-corrected chi connectivity index (χ4v) is 7.45. The summed E-state index contributed by atoms with van der Waals surface area (Å²) in [5.74, 6) is -0.138. The maximum Gasteiger partial charge on any atom is 0.262 e. The number of ether oxygens (including phenoxy) is 1. The minimum absolute atomic E-state index is 0.0452. The number of imide groups is 1. The third-order valence-corrected chi connectivity index (χ3v) is 8.74. The minimum atomic E-state index is -1.06. The van der Waals surface area contributed by atoms with Crippen molar-refractivity contribution >= 4 is 11.8 Å². The molecular formula is C25H24N2O5. The number of fused-ring (bicyclic) bond motifs is 1. The Labute approximate surface area is 185 Å². The zero-order chi connectivity index (χ0) is 22.0. The smallest absolute Gasteiger partial charge is 0.262 e. The van der Waals surface area contributed by atoms with E-state index in [0.717, 1.165) is 16.7 Å². The summed E-state index contributed by atoms with van der Waals surface area (Å²) in [4.78, 5) is 28.3. The van der Waals surface area contributed by atoms with Gasteiger partial charge in [0, 0.05) is 11.6 Å². The van der Waals surface area contributed by atoms with Crippen LogP contribution in [-0.2, 0) is 11.8 Å². The van der Waals surface area contributed by atoms with Gasteiger partial charge in [0.1, 0.15) is 6.10 Å². The highest BCUT2D eigenvalue weighted by molar-refractivity contribution is 6.22. The molecule has 2 aromatic rings. The van der Waals surface area contributed by atoms with Crippen molar-refractivity contribution in [3.63, 3.8) is 0 Å². The largest absolute Gasteiger partial charge is 0.504 e. The number of aromatic hydroxyl groups is 1. The van der Waals surface area contributed by atoms with Gasteiger partial charge in [0.15, 0.2) is 11.5 Å². The lowest BCUT2D eigenvalue weighted by Gasteiger charge is -2.62. The van der Waals surface area contributed by atoms with E-state index in [9.17, 15) is 19.8 Å². The van der Waals surface area contributed by atoms with Crippen LogP contribution in [0.5, 0.6) is 11.5 Å². The Morgan fingerprint density at radius 1 is 1.16 bits per heavy atom. The summed E-state index contributed by atoms with van der Waals surface area (Å²) in [6.07, 6.45) is 1.59. The van der Waals surface area contributed by atoms with Gasteiger partial charge in [-0.3, -0.25) is 14.5 Å². The van der Waals surface area contributed by atoms with E-state index in [2.05, 4.69) is 5.32 Å². The number of aliphatic hydroxyl groups is 1. The maximum atomic E-state index is 13.5. The quantitative estimate of drug-likeness (QED) is 0.595. The molecule has 3 N–H and O–H groups in total. The fourth-order valence-electron chi connectivity index (χ4n) is 7.45. The lowest BCUT2D eigenvalue weighted by Crippen LogP contribution is -2.78. The summed E-state index contributed by atoms with van der Waals surface area (Å²) in [7, 11) is 0. The SMILES string of the molecule is Cc1cccc2c1C(=O)N([C@H]1CC[C@@]3(O)[C@H]4Cc5ccc(O)c6c5[C@@]3(CCN4)[C@H]1O6)C2=O. The first-order valence-corrected chi connectivity index (χ1v) is 11.3. The van der Waals surface area contributed by atoms with Crippen LogP contribution >= 0.6 is 0 Å². The van der Waals surface area contributed by atoms with Crippen LogP contribution in [0.1, 0.15) is 56.7 Å². The number of amides is 2. The van der Waals surface area contributed by atoms with E-state index in [0.29, 0.717) is 49.1 Å². The number of piperidine rings is 1. The molecule has 0 unspecified atom stereocenters. The van der Waals surface area contributed by atoms with E-state index in [4.69, 9.17) is 4.74 Å². The number of hydrogen-bond donors (Lipinski definition) is 3. The average Bonchev–Trinajstić information content (AvgIpc) is 3.23. The van der Waals surface area contributed by atoms with Crippen molar-refractivity contribution in [3.05, 3.63) is 58.1 Å². The molecule has 5 aliphatic rings. The number of aryl methyl sites for hydroxylation is 1. The van der Waals surface area contributed by atoms with Crippen molar-refractivity contribution in [2.45, 2.75) is 61.8 Å². The molecule has 1 saturated carbocycles. The van der Waals surface area contributed by atoms with Gasteiger partial charge < -0.3 is 20.3 Å². The van der Waals surface area contributed by atoms with Gasteiger partial charge in [-0.05, 0) is 62.4 Å². The van der Waals surface area contributed by atoms with Gasteiger partial charge in [-0.1, -0.05) is 18.2 Å². The number of phenols is 1. The number of carbonyl (C=O) groups is 2. The Balaban J connectivity index is 1.42. The number of benzene rings is 2. The van der Waals surface area contributed by atoms with Gasteiger partial charge in [0.25, 0.3) is 11.8 Å². The van der Waals surface area contributed by atoms with Crippen LogP contribution in [0.15, 0.2) is 30.3 Å². The van der Waals surface area contributed by atoms with Gasteiger partial charge in [-0.15, -0.1) is 0 Å². The van der Waals surface area contributed by atoms with Crippen molar-refractivity contribution < 1.29 is 24.5 Å². The number of phenolic OH excluding ortho intramolecular Hbond substituents is 1.